The van der Waals surface area contributed by atoms with Crippen LogP contribution >= 0.6 is 0 Å². The maximum atomic E-state index is 13.7. The Balaban J connectivity index is 1.96. The lowest BCUT2D eigenvalue weighted by molar-refractivity contribution is -0.159. The van der Waals surface area contributed by atoms with Crippen molar-refractivity contribution in [2.75, 3.05) is 20.2 Å². The third kappa shape index (κ3) is 4.52. The molecule has 3 atom stereocenters. The number of hydrogen-bond acceptors (Lipinski definition) is 6. The third-order valence-corrected chi connectivity index (χ3v) is 6.46. The Labute approximate surface area is 193 Å². The van der Waals surface area contributed by atoms with Crippen LogP contribution in [-0.2, 0) is 20.7 Å². The number of methoxy groups -OCH3 is 1. The van der Waals surface area contributed by atoms with Gasteiger partial charge in [-0.05, 0) is 37.9 Å². The molecule has 3 rings (SSSR count). The number of carbonyl (C=O) groups is 3. The van der Waals surface area contributed by atoms with Crippen LogP contribution in [0.1, 0.15) is 34.8 Å². The van der Waals surface area contributed by atoms with Crippen LogP contribution < -0.4 is 11.5 Å². The Morgan fingerprint density at radius 3 is 2.39 bits per heavy atom. The summed E-state index contributed by atoms with van der Waals surface area (Å²) in [6.07, 6.45) is 1.33. The van der Waals surface area contributed by atoms with E-state index in [0.717, 1.165) is 5.56 Å². The summed E-state index contributed by atoms with van der Waals surface area (Å²) in [6.45, 7) is 1.75. The number of nitrogens with two attached hydrogens (primary N) is 2. The number of hydrogen-bond donors (Lipinski definition) is 3. The molecule has 5 N–H and O–H groups in total. The van der Waals surface area contributed by atoms with Crippen molar-refractivity contribution in [1.82, 2.24) is 4.90 Å². The zero-order valence-corrected chi connectivity index (χ0v) is 18.9. The standard InChI is InChI=1S/C25H30N4O4/c1-25(24(32)33-2)19(15-26)20(21(30)17-11-6-12-18(14-17)22(27)28)29(23(25)31)13-7-10-16-8-4-3-5-9-16/h3-6,8-9,11-12,14,19-20H,7,10,13,15,26H2,1-2H3,(H3,27,28)/t19?,20-,25-/m0/s1. The van der Waals surface area contributed by atoms with E-state index in [4.69, 9.17) is 21.6 Å². The van der Waals surface area contributed by atoms with Crippen molar-refractivity contribution in [1.29, 1.82) is 5.41 Å². The van der Waals surface area contributed by atoms with Gasteiger partial charge in [0.05, 0.1) is 7.11 Å². The first-order valence-corrected chi connectivity index (χ1v) is 10.9. The number of benzene rings is 2. The van der Waals surface area contributed by atoms with E-state index in [-0.39, 0.29) is 18.2 Å². The molecule has 0 spiro atoms. The summed E-state index contributed by atoms with van der Waals surface area (Å²) >= 11 is 0. The van der Waals surface area contributed by atoms with Gasteiger partial charge >= 0.3 is 5.97 Å². The van der Waals surface area contributed by atoms with E-state index in [9.17, 15) is 14.4 Å². The number of rotatable bonds is 9. The van der Waals surface area contributed by atoms with Crippen LogP contribution in [0.2, 0.25) is 0 Å². The van der Waals surface area contributed by atoms with Crippen molar-refractivity contribution in [2.24, 2.45) is 22.8 Å². The summed E-state index contributed by atoms with van der Waals surface area (Å²) in [5, 5.41) is 7.67. The quantitative estimate of drug-likeness (QED) is 0.175. The van der Waals surface area contributed by atoms with Gasteiger partial charge in [-0.15, -0.1) is 0 Å². The van der Waals surface area contributed by atoms with Gasteiger partial charge in [-0.2, -0.15) is 0 Å². The maximum absolute atomic E-state index is 13.7. The lowest BCUT2D eigenvalue weighted by atomic mass is 9.75. The first-order chi connectivity index (χ1) is 15.7. The van der Waals surface area contributed by atoms with Gasteiger partial charge in [-0.3, -0.25) is 19.8 Å². The van der Waals surface area contributed by atoms with Crippen LogP contribution in [-0.4, -0.2) is 54.6 Å². The van der Waals surface area contributed by atoms with Crippen molar-refractivity contribution in [2.45, 2.75) is 25.8 Å². The molecule has 2 aromatic rings. The van der Waals surface area contributed by atoms with Crippen LogP contribution in [0.4, 0.5) is 0 Å². The van der Waals surface area contributed by atoms with E-state index >= 15 is 0 Å². The number of carbonyl (C=O) groups excluding carboxylic acids is 3. The summed E-state index contributed by atoms with van der Waals surface area (Å²) < 4.78 is 4.95. The van der Waals surface area contributed by atoms with E-state index in [0.29, 0.717) is 30.5 Å². The average Bonchev–Trinajstić information content (AvgIpc) is 3.05. The predicted molar refractivity (Wildman–Crippen MR) is 125 cm³/mol. The number of amides is 1. The fraction of sp³-hybridized carbons (Fsp3) is 0.360. The molecule has 1 aliphatic rings. The molecule has 8 heteroatoms. The van der Waals surface area contributed by atoms with Crippen LogP contribution in [0.3, 0.4) is 0 Å². The zero-order chi connectivity index (χ0) is 24.2. The molecule has 0 saturated carbocycles. The highest BCUT2D eigenvalue weighted by atomic mass is 16.5. The molecule has 1 aliphatic heterocycles. The SMILES string of the molecule is COC(=O)[C@]1(C)C(=O)N(CCCc2ccccc2)[C@H](C(=O)c2cccc(C(=N)N)c2)C1CN. The Morgan fingerprint density at radius 1 is 1.12 bits per heavy atom. The minimum atomic E-state index is -1.56. The molecule has 0 bridgehead atoms. The summed E-state index contributed by atoms with van der Waals surface area (Å²) in [4.78, 5) is 41.4. The molecule has 174 valence electrons. The highest BCUT2D eigenvalue weighted by Crippen LogP contribution is 2.43. The minimum Gasteiger partial charge on any atom is -0.468 e. The normalized spacial score (nSPS) is 22.3. The van der Waals surface area contributed by atoms with E-state index < -0.39 is 29.3 Å². The third-order valence-electron chi connectivity index (χ3n) is 6.46. The molecule has 1 saturated heterocycles. The van der Waals surface area contributed by atoms with Crippen molar-refractivity contribution in [3.63, 3.8) is 0 Å². The van der Waals surface area contributed by atoms with Crippen molar-refractivity contribution < 1.29 is 19.1 Å². The van der Waals surface area contributed by atoms with Gasteiger partial charge in [0.1, 0.15) is 17.3 Å². The van der Waals surface area contributed by atoms with Crippen LogP contribution in [0.15, 0.2) is 54.6 Å². The van der Waals surface area contributed by atoms with Crippen LogP contribution in [0.5, 0.6) is 0 Å². The number of amidine groups is 1. The van der Waals surface area contributed by atoms with E-state index in [2.05, 4.69) is 0 Å². The number of nitrogen functional groups attached to an aromatic ring is 1. The molecular weight excluding hydrogens is 420 g/mol. The fourth-order valence-electron chi connectivity index (χ4n) is 4.61. The molecule has 0 radical (unpaired) electrons. The van der Waals surface area contributed by atoms with Gasteiger partial charge in [-0.1, -0.05) is 48.5 Å². The van der Waals surface area contributed by atoms with Gasteiger partial charge in [-0.25, -0.2) is 0 Å². The molecule has 1 unspecified atom stereocenters. The lowest BCUT2D eigenvalue weighted by Gasteiger charge is -2.28. The van der Waals surface area contributed by atoms with Gasteiger partial charge in [0.15, 0.2) is 5.78 Å². The van der Waals surface area contributed by atoms with Gasteiger partial charge in [0, 0.05) is 23.6 Å². The van der Waals surface area contributed by atoms with E-state index in [1.54, 1.807) is 18.2 Å². The molecule has 33 heavy (non-hydrogen) atoms. The zero-order valence-electron chi connectivity index (χ0n) is 18.9. The van der Waals surface area contributed by atoms with Gasteiger partial charge in [0.2, 0.25) is 5.91 Å². The topological polar surface area (TPSA) is 140 Å². The highest BCUT2D eigenvalue weighted by molar-refractivity contribution is 6.11. The van der Waals surface area contributed by atoms with E-state index in [1.165, 1.54) is 25.0 Å². The summed E-state index contributed by atoms with van der Waals surface area (Å²) in [5.74, 6) is -2.43. The Bertz CT molecular complexity index is 1060. The Morgan fingerprint density at radius 2 is 1.79 bits per heavy atom. The largest absolute Gasteiger partial charge is 0.468 e. The number of aryl methyl sites for hydroxylation is 1. The average molecular weight is 451 g/mol. The molecule has 0 aromatic heterocycles. The summed E-state index contributed by atoms with van der Waals surface area (Å²) in [6, 6.07) is 15.3. The number of nitrogens with one attached hydrogen (secondary N) is 1. The first-order valence-electron chi connectivity index (χ1n) is 10.9. The first kappa shape index (κ1) is 24.1. The molecule has 1 fully saturated rings. The fourth-order valence-corrected chi connectivity index (χ4v) is 4.61. The number of nitrogens with zero attached hydrogens (tertiary/aromatic N) is 1. The molecule has 8 nitrogen and oxygen atoms in total. The Kier molecular flexibility index (Phi) is 7.28. The lowest BCUT2D eigenvalue weighted by Crippen LogP contribution is -2.45. The van der Waals surface area contributed by atoms with Gasteiger partial charge in [0.25, 0.3) is 0 Å². The molecule has 2 aromatic carbocycles. The number of ether oxygens (including phenoxy) is 1. The molecular formula is C25H30N4O4. The second-order valence-corrected chi connectivity index (χ2v) is 8.43. The smallest absolute Gasteiger partial charge is 0.321 e. The maximum Gasteiger partial charge on any atom is 0.321 e. The highest BCUT2D eigenvalue weighted by Gasteiger charge is 2.62. The monoisotopic (exact) mass is 450 g/mol. The van der Waals surface area contributed by atoms with Crippen molar-refractivity contribution in [3.8, 4) is 0 Å². The molecule has 1 heterocycles. The van der Waals surface area contributed by atoms with Crippen molar-refractivity contribution >= 4 is 23.5 Å². The number of esters is 1. The Hall–Kier alpha value is -3.52. The van der Waals surface area contributed by atoms with Crippen molar-refractivity contribution in [3.05, 3.63) is 71.3 Å². The molecule has 1 amide bonds. The molecule has 0 aliphatic carbocycles. The second-order valence-electron chi connectivity index (χ2n) is 8.43. The predicted octanol–water partition coefficient (Wildman–Crippen LogP) is 1.75. The second kappa shape index (κ2) is 9.95. The number of likely N-dealkylation sites (tertiary alicyclic amines) is 1. The number of ketones is 1. The van der Waals surface area contributed by atoms with Gasteiger partial charge < -0.3 is 21.1 Å². The van der Waals surface area contributed by atoms with E-state index in [1.807, 2.05) is 30.3 Å². The summed E-state index contributed by atoms with van der Waals surface area (Å²) in [7, 11) is 1.22. The number of Topliss-reactive ketones (excluding diaryl/α,β-unsaturated/α-hetero) is 1. The minimum absolute atomic E-state index is 0.0463. The van der Waals surface area contributed by atoms with Crippen LogP contribution in [0.25, 0.3) is 0 Å². The van der Waals surface area contributed by atoms with Crippen LogP contribution in [0, 0.1) is 16.7 Å². The summed E-state index contributed by atoms with van der Waals surface area (Å²) in [5.41, 5.74) is 11.9.